The van der Waals surface area contributed by atoms with Crippen LogP contribution in [0.1, 0.15) is 32.6 Å². The minimum atomic E-state index is -3.62. The normalized spacial score (nSPS) is 22.3. The van der Waals surface area contributed by atoms with Gasteiger partial charge in [-0.1, -0.05) is 18.5 Å². The zero-order valence-electron chi connectivity index (χ0n) is 13.0. The van der Waals surface area contributed by atoms with Crippen molar-refractivity contribution in [1.29, 1.82) is 0 Å². The van der Waals surface area contributed by atoms with Gasteiger partial charge in [-0.2, -0.15) is 0 Å². The Morgan fingerprint density at radius 1 is 1.18 bits per heavy atom. The standard InChI is InChI=1S/C16H22ClNO3S/c1-12-3-7-14(8-4-12)18(2)16(19)11-22(20,21)15-9-5-13(17)6-10-15/h5-6,9-10,12,14H,3-4,7-8,11H2,1-2H3. The third kappa shape index (κ3) is 4.23. The number of hydrogen-bond donors (Lipinski definition) is 0. The van der Waals surface area contributed by atoms with Crippen LogP contribution in [-0.2, 0) is 14.6 Å². The first kappa shape index (κ1) is 17.3. The third-order valence-electron chi connectivity index (χ3n) is 4.41. The second kappa shape index (κ2) is 7.01. The number of halogens is 1. The van der Waals surface area contributed by atoms with Gasteiger partial charge < -0.3 is 4.90 Å². The average molecular weight is 344 g/mol. The molecule has 4 nitrogen and oxygen atoms in total. The molecule has 122 valence electrons. The van der Waals surface area contributed by atoms with Crippen molar-refractivity contribution in [2.45, 2.75) is 43.5 Å². The Morgan fingerprint density at radius 2 is 1.73 bits per heavy atom. The molecule has 0 heterocycles. The van der Waals surface area contributed by atoms with Crippen LogP contribution < -0.4 is 0 Å². The first-order chi connectivity index (χ1) is 10.3. The van der Waals surface area contributed by atoms with Crippen LogP contribution in [0.5, 0.6) is 0 Å². The minimum absolute atomic E-state index is 0.135. The topological polar surface area (TPSA) is 54.5 Å². The molecule has 0 saturated heterocycles. The zero-order chi connectivity index (χ0) is 16.3. The van der Waals surface area contributed by atoms with E-state index in [1.54, 1.807) is 11.9 Å². The van der Waals surface area contributed by atoms with E-state index in [9.17, 15) is 13.2 Å². The summed E-state index contributed by atoms with van der Waals surface area (Å²) in [4.78, 5) is 14.0. The van der Waals surface area contributed by atoms with Crippen LogP contribution in [0.3, 0.4) is 0 Å². The fraction of sp³-hybridized carbons (Fsp3) is 0.562. The average Bonchev–Trinajstić information content (AvgIpc) is 2.47. The molecule has 1 amide bonds. The van der Waals surface area contributed by atoms with Gasteiger partial charge in [0.25, 0.3) is 0 Å². The highest BCUT2D eigenvalue weighted by Crippen LogP contribution is 2.27. The Hall–Kier alpha value is -1.07. The van der Waals surface area contributed by atoms with E-state index in [4.69, 9.17) is 11.6 Å². The lowest BCUT2D eigenvalue weighted by molar-refractivity contribution is -0.129. The zero-order valence-corrected chi connectivity index (χ0v) is 14.5. The number of nitrogens with zero attached hydrogens (tertiary/aromatic N) is 1. The van der Waals surface area contributed by atoms with Crippen LogP contribution >= 0.6 is 11.6 Å². The summed E-state index contributed by atoms with van der Waals surface area (Å²) in [5.74, 6) is -0.135. The van der Waals surface area contributed by atoms with Gasteiger partial charge in [0.05, 0.1) is 4.90 Å². The van der Waals surface area contributed by atoms with Gasteiger partial charge in [-0.05, 0) is 55.9 Å². The highest BCUT2D eigenvalue weighted by Gasteiger charge is 2.28. The summed E-state index contributed by atoms with van der Waals surface area (Å²) in [6.45, 7) is 2.21. The maximum Gasteiger partial charge on any atom is 0.238 e. The van der Waals surface area contributed by atoms with Crippen molar-refractivity contribution < 1.29 is 13.2 Å². The van der Waals surface area contributed by atoms with E-state index in [1.165, 1.54) is 24.3 Å². The van der Waals surface area contributed by atoms with Gasteiger partial charge in [0.2, 0.25) is 5.91 Å². The van der Waals surface area contributed by atoms with Crippen molar-refractivity contribution in [3.8, 4) is 0 Å². The molecule has 0 spiro atoms. The molecule has 0 bridgehead atoms. The van der Waals surface area contributed by atoms with Gasteiger partial charge in [0.15, 0.2) is 9.84 Å². The largest absolute Gasteiger partial charge is 0.342 e. The molecule has 2 rings (SSSR count). The summed E-state index contributed by atoms with van der Waals surface area (Å²) in [6.07, 6.45) is 4.08. The third-order valence-corrected chi connectivity index (χ3v) is 6.28. The first-order valence-corrected chi connectivity index (χ1v) is 9.56. The van der Waals surface area contributed by atoms with E-state index in [0.717, 1.165) is 25.7 Å². The molecule has 1 aromatic carbocycles. The minimum Gasteiger partial charge on any atom is -0.342 e. The molecule has 1 aromatic rings. The second-order valence-electron chi connectivity index (χ2n) is 6.13. The van der Waals surface area contributed by atoms with Crippen LogP contribution in [0, 0.1) is 5.92 Å². The molecule has 0 aromatic heterocycles. The van der Waals surface area contributed by atoms with Crippen LogP contribution in [0.25, 0.3) is 0 Å². The molecule has 0 unspecified atom stereocenters. The van der Waals surface area contributed by atoms with Gasteiger partial charge in [-0.25, -0.2) is 8.42 Å². The van der Waals surface area contributed by atoms with Crippen molar-refractivity contribution in [1.82, 2.24) is 4.90 Å². The maximum atomic E-state index is 12.3. The van der Waals surface area contributed by atoms with Crippen LogP contribution in [0.2, 0.25) is 5.02 Å². The predicted octanol–water partition coefficient (Wildman–Crippen LogP) is 3.15. The Kier molecular flexibility index (Phi) is 5.50. The lowest BCUT2D eigenvalue weighted by Gasteiger charge is -2.33. The molecular weight excluding hydrogens is 322 g/mol. The number of hydrogen-bond acceptors (Lipinski definition) is 3. The van der Waals surface area contributed by atoms with E-state index in [2.05, 4.69) is 6.92 Å². The quantitative estimate of drug-likeness (QED) is 0.843. The van der Waals surface area contributed by atoms with Gasteiger partial charge in [-0.3, -0.25) is 4.79 Å². The summed E-state index contributed by atoms with van der Waals surface area (Å²) in [5.41, 5.74) is 0. The molecular formula is C16H22ClNO3S. The number of sulfone groups is 1. The molecule has 0 radical (unpaired) electrons. The smallest absolute Gasteiger partial charge is 0.238 e. The molecule has 0 N–H and O–H groups in total. The van der Waals surface area contributed by atoms with Crippen LogP contribution in [0.4, 0.5) is 0 Å². The van der Waals surface area contributed by atoms with E-state index in [1.807, 2.05) is 0 Å². The SMILES string of the molecule is CC1CCC(N(C)C(=O)CS(=O)(=O)c2ccc(Cl)cc2)CC1. The van der Waals surface area contributed by atoms with Gasteiger partial charge in [-0.15, -0.1) is 0 Å². The maximum absolute atomic E-state index is 12.3. The molecule has 22 heavy (non-hydrogen) atoms. The Balaban J connectivity index is 2.02. The number of carbonyl (C=O) groups is 1. The fourth-order valence-corrected chi connectivity index (χ4v) is 4.20. The molecule has 6 heteroatoms. The van der Waals surface area contributed by atoms with Crippen molar-refractivity contribution in [3.05, 3.63) is 29.3 Å². The number of rotatable bonds is 4. The lowest BCUT2D eigenvalue weighted by Crippen LogP contribution is -2.42. The van der Waals surface area contributed by atoms with Gasteiger partial charge in [0, 0.05) is 18.1 Å². The molecule has 1 fully saturated rings. The van der Waals surface area contributed by atoms with Crippen LogP contribution in [0.15, 0.2) is 29.2 Å². The summed E-state index contributed by atoms with van der Waals surface area (Å²) in [6, 6.07) is 6.07. The summed E-state index contributed by atoms with van der Waals surface area (Å²) in [7, 11) is -1.91. The fourth-order valence-electron chi connectivity index (χ4n) is 2.82. The molecule has 1 aliphatic carbocycles. The van der Waals surface area contributed by atoms with E-state index >= 15 is 0 Å². The highest BCUT2D eigenvalue weighted by molar-refractivity contribution is 7.92. The van der Waals surface area contributed by atoms with Crippen molar-refractivity contribution in [3.63, 3.8) is 0 Å². The highest BCUT2D eigenvalue weighted by atomic mass is 35.5. The summed E-state index contributed by atoms with van der Waals surface area (Å²) >= 11 is 5.76. The molecule has 1 saturated carbocycles. The van der Waals surface area contributed by atoms with E-state index in [-0.39, 0.29) is 16.8 Å². The van der Waals surface area contributed by atoms with Crippen LogP contribution in [-0.4, -0.2) is 38.1 Å². The molecule has 0 aliphatic heterocycles. The summed E-state index contributed by atoms with van der Waals surface area (Å²) in [5, 5.41) is 0.471. The number of carbonyl (C=O) groups excluding carboxylic acids is 1. The monoisotopic (exact) mass is 343 g/mol. The number of benzene rings is 1. The molecule has 0 atom stereocenters. The van der Waals surface area contributed by atoms with Crippen molar-refractivity contribution in [2.24, 2.45) is 5.92 Å². The predicted molar refractivity (Wildman–Crippen MR) is 87.7 cm³/mol. The summed E-state index contributed by atoms with van der Waals surface area (Å²) < 4.78 is 24.6. The molecule has 1 aliphatic rings. The second-order valence-corrected chi connectivity index (χ2v) is 8.56. The Labute approximate surface area is 137 Å². The van der Waals surface area contributed by atoms with E-state index in [0.29, 0.717) is 10.9 Å². The Bertz CT molecular complexity index is 619. The van der Waals surface area contributed by atoms with Crippen molar-refractivity contribution >= 4 is 27.3 Å². The van der Waals surface area contributed by atoms with Gasteiger partial charge in [0.1, 0.15) is 5.75 Å². The number of amides is 1. The van der Waals surface area contributed by atoms with Crippen molar-refractivity contribution in [2.75, 3.05) is 12.8 Å². The lowest BCUT2D eigenvalue weighted by atomic mass is 9.87. The van der Waals surface area contributed by atoms with E-state index < -0.39 is 15.6 Å². The Morgan fingerprint density at radius 3 is 2.27 bits per heavy atom. The first-order valence-electron chi connectivity index (χ1n) is 7.53. The van der Waals surface area contributed by atoms with Gasteiger partial charge >= 0.3 is 0 Å².